The van der Waals surface area contributed by atoms with Crippen molar-refractivity contribution in [1.29, 1.82) is 0 Å². The summed E-state index contributed by atoms with van der Waals surface area (Å²) >= 11 is 0. The lowest BCUT2D eigenvalue weighted by Gasteiger charge is -2.04. The van der Waals surface area contributed by atoms with Gasteiger partial charge in [0.1, 0.15) is 0 Å². The van der Waals surface area contributed by atoms with Crippen molar-refractivity contribution in [2.75, 3.05) is 6.61 Å². The Morgan fingerprint density at radius 2 is 1.27 bits per heavy atom. The van der Waals surface area contributed by atoms with Gasteiger partial charge < -0.3 is 4.18 Å². The average Bonchev–Trinajstić information content (AvgIpc) is 2.57. The zero-order valence-electron chi connectivity index (χ0n) is 16.7. The summed E-state index contributed by atoms with van der Waals surface area (Å²) in [6.07, 6.45) is 20.0. The van der Waals surface area contributed by atoms with Crippen molar-refractivity contribution >= 4 is 16.4 Å². The molecule has 0 amide bonds. The second-order valence-corrected chi connectivity index (χ2v) is 7.82. The number of hydrogen-bond acceptors (Lipinski definition) is 5. The van der Waals surface area contributed by atoms with E-state index in [4.69, 9.17) is 0 Å². The van der Waals surface area contributed by atoms with E-state index in [9.17, 15) is 13.2 Å². The minimum absolute atomic E-state index is 0.0387. The van der Waals surface area contributed by atoms with Crippen LogP contribution in [0.5, 0.6) is 0 Å². The van der Waals surface area contributed by atoms with Crippen LogP contribution in [0, 0.1) is 0 Å². The molecule has 154 valence electrons. The SMILES string of the molecule is CCCCCCCC/C=C\CCCCCCCC(=O)OS(=O)(=O)OCC. The Hall–Kier alpha value is -0.880. The van der Waals surface area contributed by atoms with Crippen molar-refractivity contribution in [2.24, 2.45) is 0 Å². The van der Waals surface area contributed by atoms with Gasteiger partial charge >= 0.3 is 16.4 Å². The van der Waals surface area contributed by atoms with E-state index in [2.05, 4.69) is 27.4 Å². The highest BCUT2D eigenvalue weighted by atomic mass is 32.3. The maximum Gasteiger partial charge on any atom is 0.451 e. The lowest BCUT2D eigenvalue weighted by atomic mass is 10.1. The van der Waals surface area contributed by atoms with Gasteiger partial charge in [0.25, 0.3) is 0 Å². The average molecular weight is 391 g/mol. The molecular weight excluding hydrogens is 352 g/mol. The smallest absolute Gasteiger partial charge is 0.325 e. The fourth-order valence-corrected chi connectivity index (χ4v) is 3.31. The first-order valence-electron chi connectivity index (χ1n) is 10.3. The van der Waals surface area contributed by atoms with Gasteiger partial charge in [-0.15, -0.1) is 0 Å². The molecule has 26 heavy (non-hydrogen) atoms. The van der Waals surface area contributed by atoms with Crippen molar-refractivity contribution in [3.63, 3.8) is 0 Å². The quantitative estimate of drug-likeness (QED) is 0.217. The molecular formula is C20H38O5S. The summed E-state index contributed by atoms with van der Waals surface area (Å²) in [5.74, 6) is -0.740. The molecule has 0 fully saturated rings. The van der Waals surface area contributed by atoms with Gasteiger partial charge in [-0.05, 0) is 39.0 Å². The van der Waals surface area contributed by atoms with Crippen LogP contribution in [0.1, 0.15) is 104 Å². The van der Waals surface area contributed by atoms with Crippen LogP contribution in [-0.4, -0.2) is 21.0 Å². The third-order valence-corrected chi connectivity index (χ3v) is 5.01. The van der Waals surface area contributed by atoms with Gasteiger partial charge in [0.15, 0.2) is 0 Å². The van der Waals surface area contributed by atoms with Crippen LogP contribution in [0.2, 0.25) is 0 Å². The monoisotopic (exact) mass is 390 g/mol. The summed E-state index contributed by atoms with van der Waals surface area (Å²) in [5.41, 5.74) is 0. The summed E-state index contributed by atoms with van der Waals surface area (Å²) in [6, 6.07) is 0. The highest BCUT2D eigenvalue weighted by Gasteiger charge is 2.16. The molecule has 0 radical (unpaired) electrons. The van der Waals surface area contributed by atoms with Crippen molar-refractivity contribution in [2.45, 2.75) is 104 Å². The molecule has 0 heterocycles. The predicted octanol–water partition coefficient (Wildman–Crippen LogP) is 5.85. The Balaban J connectivity index is 3.38. The molecule has 6 heteroatoms. The summed E-state index contributed by atoms with van der Waals surface area (Å²) < 4.78 is 30.9. The summed E-state index contributed by atoms with van der Waals surface area (Å²) in [5, 5.41) is 0. The van der Waals surface area contributed by atoms with Crippen molar-refractivity contribution in [3.8, 4) is 0 Å². The number of carbonyl (C=O) groups is 1. The van der Waals surface area contributed by atoms with E-state index >= 15 is 0 Å². The molecule has 0 rings (SSSR count). The third-order valence-electron chi connectivity index (χ3n) is 4.10. The van der Waals surface area contributed by atoms with Crippen molar-refractivity contribution in [1.82, 2.24) is 0 Å². The van der Waals surface area contributed by atoms with Gasteiger partial charge in [-0.25, -0.2) is 4.18 Å². The second kappa shape index (κ2) is 17.5. The Labute approximate surface area is 160 Å². The fourth-order valence-electron chi connectivity index (χ4n) is 2.66. The zero-order valence-corrected chi connectivity index (χ0v) is 17.5. The van der Waals surface area contributed by atoms with Crippen LogP contribution < -0.4 is 0 Å². The number of unbranched alkanes of at least 4 members (excludes halogenated alkanes) is 11. The number of allylic oxidation sites excluding steroid dienone is 2. The Morgan fingerprint density at radius 3 is 1.81 bits per heavy atom. The molecule has 0 aromatic heterocycles. The molecule has 0 aliphatic rings. The topological polar surface area (TPSA) is 69.7 Å². The lowest BCUT2D eigenvalue weighted by Crippen LogP contribution is -2.15. The highest BCUT2D eigenvalue weighted by molar-refractivity contribution is 7.82. The van der Waals surface area contributed by atoms with E-state index in [1.807, 2.05) is 0 Å². The number of hydrogen-bond donors (Lipinski definition) is 0. The largest absolute Gasteiger partial charge is 0.451 e. The van der Waals surface area contributed by atoms with Gasteiger partial charge in [-0.1, -0.05) is 70.4 Å². The molecule has 0 aromatic carbocycles. The van der Waals surface area contributed by atoms with Crippen molar-refractivity contribution < 1.29 is 21.6 Å². The van der Waals surface area contributed by atoms with Crippen LogP contribution in [0.3, 0.4) is 0 Å². The van der Waals surface area contributed by atoms with Gasteiger partial charge in [0.2, 0.25) is 0 Å². The minimum Gasteiger partial charge on any atom is -0.325 e. The molecule has 0 spiro atoms. The second-order valence-electron chi connectivity index (χ2n) is 6.60. The summed E-state index contributed by atoms with van der Waals surface area (Å²) in [4.78, 5) is 11.4. The van der Waals surface area contributed by atoms with Gasteiger partial charge in [0.05, 0.1) is 6.61 Å². The summed E-state index contributed by atoms with van der Waals surface area (Å²) in [7, 11) is -4.16. The molecule has 0 saturated carbocycles. The van der Waals surface area contributed by atoms with Crippen LogP contribution in [0.15, 0.2) is 12.2 Å². The Morgan fingerprint density at radius 1 is 0.769 bits per heavy atom. The normalized spacial score (nSPS) is 11.9. The van der Waals surface area contributed by atoms with Gasteiger partial charge in [-0.2, -0.15) is 8.42 Å². The van der Waals surface area contributed by atoms with Crippen LogP contribution in [0.25, 0.3) is 0 Å². The van der Waals surface area contributed by atoms with E-state index < -0.39 is 16.4 Å². The Bertz CT molecular complexity index is 457. The van der Waals surface area contributed by atoms with E-state index in [0.717, 1.165) is 32.1 Å². The van der Waals surface area contributed by atoms with E-state index in [1.54, 1.807) is 0 Å². The van der Waals surface area contributed by atoms with E-state index in [1.165, 1.54) is 51.9 Å². The van der Waals surface area contributed by atoms with Crippen molar-refractivity contribution in [3.05, 3.63) is 12.2 Å². The molecule has 0 aliphatic heterocycles. The van der Waals surface area contributed by atoms with Crippen LogP contribution in [0.4, 0.5) is 0 Å². The molecule has 0 bridgehead atoms. The number of carbonyl (C=O) groups excluding carboxylic acids is 1. The highest BCUT2D eigenvalue weighted by Crippen LogP contribution is 2.10. The molecule has 0 unspecified atom stereocenters. The minimum atomic E-state index is -4.16. The third kappa shape index (κ3) is 17.9. The first kappa shape index (κ1) is 25.1. The first-order chi connectivity index (χ1) is 12.5. The maximum absolute atomic E-state index is 11.4. The lowest BCUT2D eigenvalue weighted by molar-refractivity contribution is -0.134. The standard InChI is InChI=1S/C20H38O5S/c1-3-5-6-7-8-9-10-11-12-13-14-15-16-17-18-19-20(21)25-26(22,23)24-4-2/h11-12H,3-10,13-19H2,1-2H3/b12-11-. The molecule has 0 N–H and O–H groups in total. The van der Waals surface area contributed by atoms with Gasteiger partial charge in [0, 0.05) is 6.42 Å². The molecule has 0 aliphatic carbocycles. The number of rotatable bonds is 18. The summed E-state index contributed by atoms with van der Waals surface area (Å²) in [6.45, 7) is 3.73. The van der Waals surface area contributed by atoms with E-state index in [0.29, 0.717) is 6.42 Å². The first-order valence-corrected chi connectivity index (χ1v) is 11.6. The van der Waals surface area contributed by atoms with E-state index in [-0.39, 0.29) is 13.0 Å². The van der Waals surface area contributed by atoms with Crippen LogP contribution in [-0.2, 0) is 23.6 Å². The molecule has 0 atom stereocenters. The Kier molecular flexibility index (Phi) is 16.9. The van der Waals surface area contributed by atoms with Gasteiger partial charge in [-0.3, -0.25) is 4.79 Å². The maximum atomic E-state index is 11.4. The predicted molar refractivity (Wildman–Crippen MR) is 106 cm³/mol. The molecule has 5 nitrogen and oxygen atoms in total. The molecule has 0 saturated heterocycles. The van der Waals surface area contributed by atoms with Crippen LogP contribution >= 0.6 is 0 Å². The zero-order chi connectivity index (χ0) is 19.5. The fraction of sp³-hybridized carbons (Fsp3) is 0.850. The molecule has 0 aromatic rings.